The molecule has 0 atom stereocenters. The van der Waals surface area contributed by atoms with Crippen molar-refractivity contribution in [2.75, 3.05) is 6.54 Å². The second-order valence-corrected chi connectivity index (χ2v) is 4.49. The summed E-state index contributed by atoms with van der Waals surface area (Å²) in [6.45, 7) is -0.969. The lowest BCUT2D eigenvalue weighted by Crippen LogP contribution is -2.38. The molecule has 0 aromatic carbocycles. The minimum atomic E-state index is -2.56. The van der Waals surface area contributed by atoms with Crippen LogP contribution in [0.15, 0.2) is 18.3 Å². The SMILES string of the molecule is O=C(O)CN(C(=O)c1cccn1CC(F)F)C1CC1. The van der Waals surface area contributed by atoms with E-state index in [1.54, 1.807) is 0 Å². The molecule has 5 nitrogen and oxygen atoms in total. The van der Waals surface area contributed by atoms with Crippen LogP contribution < -0.4 is 0 Å². The van der Waals surface area contributed by atoms with Gasteiger partial charge in [-0.3, -0.25) is 9.59 Å². The van der Waals surface area contributed by atoms with Gasteiger partial charge in [0, 0.05) is 12.2 Å². The van der Waals surface area contributed by atoms with Crippen molar-refractivity contribution in [1.82, 2.24) is 9.47 Å². The van der Waals surface area contributed by atoms with Crippen molar-refractivity contribution in [3.8, 4) is 0 Å². The number of carbonyl (C=O) groups is 2. The highest BCUT2D eigenvalue weighted by molar-refractivity contribution is 5.95. The number of hydrogen-bond acceptors (Lipinski definition) is 2. The Balaban J connectivity index is 2.17. The van der Waals surface area contributed by atoms with Crippen LogP contribution in [0.2, 0.25) is 0 Å². The third-order valence-corrected chi connectivity index (χ3v) is 2.94. The highest BCUT2D eigenvalue weighted by Gasteiger charge is 2.35. The summed E-state index contributed by atoms with van der Waals surface area (Å²) >= 11 is 0. The van der Waals surface area contributed by atoms with Gasteiger partial charge in [-0.1, -0.05) is 0 Å². The number of amides is 1. The molecule has 1 aliphatic rings. The minimum Gasteiger partial charge on any atom is -0.480 e. The highest BCUT2D eigenvalue weighted by atomic mass is 19.3. The van der Waals surface area contributed by atoms with Crippen LogP contribution >= 0.6 is 0 Å². The van der Waals surface area contributed by atoms with Gasteiger partial charge in [0.1, 0.15) is 12.2 Å². The summed E-state index contributed by atoms with van der Waals surface area (Å²) in [7, 11) is 0. The first kappa shape index (κ1) is 13.5. The van der Waals surface area contributed by atoms with Crippen LogP contribution in [0, 0.1) is 0 Å². The van der Waals surface area contributed by atoms with Gasteiger partial charge in [-0.15, -0.1) is 0 Å². The molecule has 2 rings (SSSR count). The zero-order chi connectivity index (χ0) is 14.0. The number of rotatable bonds is 6. The molecule has 1 aromatic rings. The Morgan fingerprint density at radius 1 is 1.47 bits per heavy atom. The fourth-order valence-electron chi connectivity index (χ4n) is 1.96. The lowest BCUT2D eigenvalue weighted by atomic mass is 10.3. The summed E-state index contributed by atoms with van der Waals surface area (Å²) in [6.07, 6.45) is 0.349. The topological polar surface area (TPSA) is 62.5 Å². The molecule has 0 saturated heterocycles. The second kappa shape index (κ2) is 5.38. The summed E-state index contributed by atoms with van der Waals surface area (Å²) in [6, 6.07) is 2.85. The molecule has 1 N–H and O–H groups in total. The van der Waals surface area contributed by atoms with E-state index >= 15 is 0 Å². The van der Waals surface area contributed by atoms with Gasteiger partial charge in [0.25, 0.3) is 12.3 Å². The van der Waals surface area contributed by atoms with Gasteiger partial charge < -0.3 is 14.6 Å². The largest absolute Gasteiger partial charge is 0.480 e. The number of carbonyl (C=O) groups excluding carboxylic acids is 1. The summed E-state index contributed by atoms with van der Waals surface area (Å²) in [5.74, 6) is -1.61. The van der Waals surface area contributed by atoms with E-state index < -0.39 is 31.4 Å². The molecule has 1 aliphatic carbocycles. The van der Waals surface area contributed by atoms with Gasteiger partial charge >= 0.3 is 5.97 Å². The predicted molar refractivity (Wildman–Crippen MR) is 62.1 cm³/mol. The number of aliphatic carboxylic acids is 1. The van der Waals surface area contributed by atoms with Gasteiger partial charge in [0.15, 0.2) is 0 Å². The molecule has 104 valence electrons. The Kier molecular flexibility index (Phi) is 3.82. The van der Waals surface area contributed by atoms with Crippen molar-refractivity contribution < 1.29 is 23.5 Å². The van der Waals surface area contributed by atoms with Crippen molar-refractivity contribution in [3.63, 3.8) is 0 Å². The van der Waals surface area contributed by atoms with Gasteiger partial charge in [-0.05, 0) is 25.0 Å². The van der Waals surface area contributed by atoms with Gasteiger partial charge in [0.2, 0.25) is 0 Å². The van der Waals surface area contributed by atoms with Crippen molar-refractivity contribution in [2.24, 2.45) is 0 Å². The Morgan fingerprint density at radius 2 is 2.16 bits per heavy atom. The van der Waals surface area contributed by atoms with E-state index in [-0.39, 0.29) is 11.7 Å². The Labute approximate surface area is 108 Å². The Bertz CT molecular complexity index is 483. The molecule has 0 radical (unpaired) electrons. The number of alkyl halides is 2. The van der Waals surface area contributed by atoms with E-state index in [9.17, 15) is 18.4 Å². The monoisotopic (exact) mass is 272 g/mol. The van der Waals surface area contributed by atoms with E-state index in [2.05, 4.69) is 0 Å². The third kappa shape index (κ3) is 3.30. The predicted octanol–water partition coefficient (Wildman–Crippen LogP) is 1.44. The molecule has 1 fully saturated rings. The van der Waals surface area contributed by atoms with Crippen molar-refractivity contribution in [1.29, 1.82) is 0 Å². The molecule has 19 heavy (non-hydrogen) atoms. The van der Waals surface area contributed by atoms with E-state index in [4.69, 9.17) is 5.11 Å². The number of carboxylic acid groups (broad SMARTS) is 1. The maximum Gasteiger partial charge on any atom is 0.323 e. The van der Waals surface area contributed by atoms with Crippen LogP contribution in [0.5, 0.6) is 0 Å². The van der Waals surface area contributed by atoms with Crippen LogP contribution in [-0.2, 0) is 11.3 Å². The van der Waals surface area contributed by atoms with Crippen LogP contribution in [0.3, 0.4) is 0 Å². The van der Waals surface area contributed by atoms with Crippen LogP contribution in [0.25, 0.3) is 0 Å². The summed E-state index contributed by atoms with van der Waals surface area (Å²) in [5.41, 5.74) is 0.105. The molecule has 1 aromatic heterocycles. The van der Waals surface area contributed by atoms with Crippen molar-refractivity contribution in [2.45, 2.75) is 31.9 Å². The minimum absolute atomic E-state index is 0.0847. The summed E-state index contributed by atoms with van der Waals surface area (Å²) in [4.78, 5) is 24.2. The number of hydrogen-bond donors (Lipinski definition) is 1. The highest BCUT2D eigenvalue weighted by Crippen LogP contribution is 2.28. The number of aromatic nitrogens is 1. The van der Waals surface area contributed by atoms with E-state index in [0.717, 1.165) is 17.4 Å². The number of halogens is 2. The molecule has 1 saturated carbocycles. The molecule has 1 amide bonds. The zero-order valence-corrected chi connectivity index (χ0v) is 10.1. The maximum atomic E-state index is 12.4. The molecular formula is C12H14F2N2O3. The first-order valence-electron chi connectivity index (χ1n) is 5.95. The van der Waals surface area contributed by atoms with Gasteiger partial charge in [-0.2, -0.15) is 0 Å². The first-order chi connectivity index (χ1) is 8.99. The number of nitrogens with zero attached hydrogens (tertiary/aromatic N) is 2. The average Bonchev–Trinajstić information content (AvgIpc) is 3.05. The van der Waals surface area contributed by atoms with Crippen LogP contribution in [-0.4, -0.2) is 45.5 Å². The van der Waals surface area contributed by atoms with Crippen molar-refractivity contribution in [3.05, 3.63) is 24.0 Å². The zero-order valence-electron chi connectivity index (χ0n) is 10.1. The Hall–Kier alpha value is -1.92. The molecule has 7 heteroatoms. The maximum absolute atomic E-state index is 12.4. The van der Waals surface area contributed by atoms with E-state index in [0.29, 0.717) is 0 Å². The molecule has 0 unspecified atom stereocenters. The fourth-order valence-corrected chi connectivity index (χ4v) is 1.96. The average molecular weight is 272 g/mol. The molecule has 0 spiro atoms. The quantitative estimate of drug-likeness (QED) is 0.852. The van der Waals surface area contributed by atoms with E-state index in [1.165, 1.54) is 23.2 Å². The molecule has 0 aliphatic heterocycles. The molecular weight excluding hydrogens is 258 g/mol. The van der Waals surface area contributed by atoms with Gasteiger partial charge in [0.05, 0.1) is 6.54 Å². The lowest BCUT2D eigenvalue weighted by molar-refractivity contribution is -0.137. The summed E-state index contributed by atoms with van der Waals surface area (Å²) in [5, 5.41) is 8.80. The molecule has 0 bridgehead atoms. The standard InChI is InChI=1S/C12H14F2N2O3/c13-10(14)6-15-5-1-2-9(15)12(19)16(7-11(17)18)8-3-4-8/h1-2,5,8,10H,3-4,6-7H2,(H,17,18). The number of carboxylic acids is 1. The van der Waals surface area contributed by atoms with Gasteiger partial charge in [-0.25, -0.2) is 8.78 Å². The van der Waals surface area contributed by atoms with Crippen molar-refractivity contribution >= 4 is 11.9 Å². The van der Waals surface area contributed by atoms with E-state index in [1.807, 2.05) is 0 Å². The Morgan fingerprint density at radius 3 is 2.68 bits per heavy atom. The normalized spacial score (nSPS) is 14.7. The molecule has 1 heterocycles. The summed E-state index contributed by atoms with van der Waals surface area (Å²) < 4.78 is 25.9. The second-order valence-electron chi connectivity index (χ2n) is 4.49. The lowest BCUT2D eigenvalue weighted by Gasteiger charge is -2.21. The first-order valence-corrected chi connectivity index (χ1v) is 5.95. The third-order valence-electron chi connectivity index (χ3n) is 2.94. The van der Waals surface area contributed by atoms with Crippen LogP contribution in [0.1, 0.15) is 23.3 Å². The smallest absolute Gasteiger partial charge is 0.323 e. The fraction of sp³-hybridized carbons (Fsp3) is 0.500. The van der Waals surface area contributed by atoms with Crippen LogP contribution in [0.4, 0.5) is 8.78 Å².